The fourth-order valence-electron chi connectivity index (χ4n) is 7.87. The van der Waals surface area contributed by atoms with Crippen molar-refractivity contribution in [1.29, 1.82) is 0 Å². The van der Waals surface area contributed by atoms with Crippen molar-refractivity contribution in [3.63, 3.8) is 0 Å². The van der Waals surface area contributed by atoms with Crippen LogP contribution in [0.4, 0.5) is 0 Å². The fraction of sp³-hybridized carbons (Fsp3) is 0.200. The Balaban J connectivity index is 1.77. The Kier molecular flexibility index (Phi) is 5.02. The molecule has 0 saturated carbocycles. The van der Waals surface area contributed by atoms with Gasteiger partial charge in [-0.15, -0.1) is 0 Å². The molecule has 4 aromatic carbocycles. The van der Waals surface area contributed by atoms with Crippen molar-refractivity contribution in [1.82, 2.24) is 4.90 Å². The van der Waals surface area contributed by atoms with Gasteiger partial charge < -0.3 is 9.64 Å². The van der Waals surface area contributed by atoms with E-state index in [0.29, 0.717) is 17.8 Å². The Morgan fingerprint density at radius 1 is 0.718 bits per heavy atom. The largest absolute Gasteiger partial charge is 0.497 e. The third-order valence-corrected chi connectivity index (χ3v) is 8.99. The van der Waals surface area contributed by atoms with Crippen molar-refractivity contribution in [2.24, 2.45) is 0 Å². The molecule has 4 aromatic rings. The molecule has 0 amide bonds. The summed E-state index contributed by atoms with van der Waals surface area (Å²) in [4.78, 5) is 30.0. The molecule has 0 fully saturated rings. The van der Waals surface area contributed by atoms with Crippen LogP contribution in [0.15, 0.2) is 108 Å². The predicted octanol–water partition coefficient (Wildman–Crippen LogP) is 6.21. The molecule has 3 aliphatic rings. The van der Waals surface area contributed by atoms with Crippen LogP contribution in [0.3, 0.4) is 0 Å². The van der Waals surface area contributed by atoms with Crippen molar-refractivity contribution < 1.29 is 14.3 Å². The van der Waals surface area contributed by atoms with Crippen LogP contribution in [-0.2, 0) is 27.0 Å². The van der Waals surface area contributed by atoms with Crippen molar-refractivity contribution in [2.75, 3.05) is 13.7 Å². The Bertz CT molecular complexity index is 1670. The third kappa shape index (κ3) is 2.73. The van der Waals surface area contributed by atoms with Crippen LogP contribution in [0, 0.1) is 0 Å². The molecule has 0 radical (unpaired) electrons. The number of nitrogens with zero attached hydrogens (tertiary/aromatic N) is 1. The van der Waals surface area contributed by atoms with E-state index in [0.717, 1.165) is 45.6 Å². The molecule has 1 aliphatic carbocycles. The summed E-state index contributed by atoms with van der Waals surface area (Å²) < 4.78 is 5.55. The Morgan fingerprint density at radius 2 is 1.28 bits per heavy atom. The quantitative estimate of drug-likeness (QED) is 0.327. The fourth-order valence-corrected chi connectivity index (χ4v) is 7.87. The third-order valence-electron chi connectivity index (χ3n) is 8.99. The number of carbonyl (C=O) groups excluding carboxylic acids is 2. The molecule has 0 saturated heterocycles. The van der Waals surface area contributed by atoms with Gasteiger partial charge in [-0.3, -0.25) is 9.59 Å². The highest BCUT2D eigenvalue weighted by Crippen LogP contribution is 2.70. The van der Waals surface area contributed by atoms with E-state index in [1.165, 1.54) is 5.56 Å². The molecule has 0 bridgehead atoms. The van der Waals surface area contributed by atoms with Crippen LogP contribution in [0.5, 0.6) is 5.75 Å². The molecule has 39 heavy (non-hydrogen) atoms. The van der Waals surface area contributed by atoms with Crippen molar-refractivity contribution in [3.8, 4) is 16.9 Å². The van der Waals surface area contributed by atoms with Crippen LogP contribution in [-0.4, -0.2) is 30.1 Å². The van der Waals surface area contributed by atoms with Crippen LogP contribution < -0.4 is 4.74 Å². The minimum absolute atomic E-state index is 0.0773. The number of fused-ring (bicyclic) bond motifs is 9. The highest BCUT2D eigenvalue weighted by molar-refractivity contribution is 6.11. The van der Waals surface area contributed by atoms with E-state index in [2.05, 4.69) is 89.8 Å². The van der Waals surface area contributed by atoms with E-state index in [-0.39, 0.29) is 11.6 Å². The summed E-state index contributed by atoms with van der Waals surface area (Å²) in [5, 5.41) is 0. The Hall–Kier alpha value is -4.44. The summed E-state index contributed by atoms with van der Waals surface area (Å²) in [6, 6.07) is 33.6. The smallest absolute Gasteiger partial charge is 0.176 e. The first-order valence-corrected chi connectivity index (χ1v) is 13.4. The zero-order valence-electron chi connectivity index (χ0n) is 22.3. The first kappa shape index (κ1) is 23.7. The first-order chi connectivity index (χ1) is 19.0. The van der Waals surface area contributed by atoms with E-state index in [4.69, 9.17) is 4.74 Å². The monoisotopic (exact) mass is 511 g/mol. The van der Waals surface area contributed by atoms with E-state index in [1.807, 2.05) is 12.1 Å². The predicted molar refractivity (Wildman–Crippen MR) is 152 cm³/mol. The number of hydrogen-bond donors (Lipinski definition) is 0. The van der Waals surface area contributed by atoms with Gasteiger partial charge in [-0.25, -0.2) is 0 Å². The van der Waals surface area contributed by atoms with Crippen LogP contribution >= 0.6 is 0 Å². The molecule has 2 heterocycles. The summed E-state index contributed by atoms with van der Waals surface area (Å²) in [7, 11) is 1.67. The average molecular weight is 512 g/mol. The maximum Gasteiger partial charge on any atom is 0.176 e. The minimum Gasteiger partial charge on any atom is -0.497 e. The first-order valence-electron chi connectivity index (χ1n) is 13.4. The molecule has 7 rings (SSSR count). The lowest BCUT2D eigenvalue weighted by Gasteiger charge is -2.55. The molecule has 4 nitrogen and oxygen atoms in total. The second-order valence-electron chi connectivity index (χ2n) is 10.7. The van der Waals surface area contributed by atoms with Gasteiger partial charge in [0.15, 0.2) is 11.6 Å². The molecule has 1 atom stereocenters. The molecule has 1 spiro atoms. The van der Waals surface area contributed by atoms with Gasteiger partial charge in [0.1, 0.15) is 11.3 Å². The number of Topliss-reactive ketones (excluding diaryl/α,β-unsaturated/α-hetero) is 2. The number of carbonyl (C=O) groups is 2. The average Bonchev–Trinajstić information content (AvgIpc) is 3.43. The van der Waals surface area contributed by atoms with Crippen molar-refractivity contribution in [2.45, 2.75) is 31.2 Å². The molecular weight excluding hydrogens is 482 g/mol. The molecular formula is C35H29NO3. The van der Waals surface area contributed by atoms with E-state index < -0.39 is 11.0 Å². The van der Waals surface area contributed by atoms with Crippen LogP contribution in [0.25, 0.3) is 11.1 Å². The van der Waals surface area contributed by atoms with Crippen LogP contribution in [0.1, 0.15) is 41.7 Å². The number of ketones is 2. The summed E-state index contributed by atoms with van der Waals surface area (Å²) in [6.07, 6.45) is 0.787. The lowest BCUT2D eigenvalue weighted by molar-refractivity contribution is -0.117. The van der Waals surface area contributed by atoms with Crippen LogP contribution in [0.2, 0.25) is 0 Å². The van der Waals surface area contributed by atoms with Gasteiger partial charge in [-0.2, -0.15) is 0 Å². The standard InChI is InChI=1S/C35H29NO3/c1-22(37)32-33(23(2)38)36-21-20-24-10-4-7-13-29(24)35(36,25-16-18-26(39-3)19-17-25)34(32)30-14-8-5-11-27(30)28-12-6-9-15-31(28)34/h4-19H,20-21H2,1-3H3. The summed E-state index contributed by atoms with van der Waals surface area (Å²) in [6.45, 7) is 3.85. The molecule has 2 aliphatic heterocycles. The second-order valence-corrected chi connectivity index (χ2v) is 10.7. The number of rotatable bonds is 4. The van der Waals surface area contributed by atoms with Gasteiger partial charge in [0, 0.05) is 19.0 Å². The number of hydrogen-bond acceptors (Lipinski definition) is 4. The minimum atomic E-state index is -0.932. The SMILES string of the molecule is COc1ccc(C23c4ccccc4CCN2C(C(C)=O)=C(C(C)=O)C32c3ccccc3-c3ccccc32)cc1. The normalized spacial score (nSPS) is 19.8. The Labute approximate surface area is 228 Å². The maximum absolute atomic E-state index is 14.0. The van der Waals surface area contributed by atoms with E-state index in [1.54, 1.807) is 21.0 Å². The highest BCUT2D eigenvalue weighted by atomic mass is 16.5. The van der Waals surface area contributed by atoms with Gasteiger partial charge in [0.25, 0.3) is 0 Å². The molecule has 192 valence electrons. The Morgan fingerprint density at radius 3 is 1.85 bits per heavy atom. The molecule has 4 heteroatoms. The summed E-state index contributed by atoms with van der Waals surface area (Å²) in [5.74, 6) is 0.597. The zero-order chi connectivity index (χ0) is 26.9. The van der Waals surface area contributed by atoms with Crippen molar-refractivity contribution >= 4 is 11.6 Å². The van der Waals surface area contributed by atoms with E-state index in [9.17, 15) is 9.59 Å². The van der Waals surface area contributed by atoms with Crippen molar-refractivity contribution in [3.05, 3.63) is 136 Å². The number of ether oxygens (including phenoxy) is 1. The summed E-state index contributed by atoms with van der Waals surface area (Å²) >= 11 is 0. The van der Waals surface area contributed by atoms with Gasteiger partial charge in [0.2, 0.25) is 0 Å². The van der Waals surface area contributed by atoms with Gasteiger partial charge >= 0.3 is 0 Å². The lowest BCUT2D eigenvalue weighted by Crippen LogP contribution is -2.59. The topological polar surface area (TPSA) is 46.6 Å². The molecule has 0 aromatic heterocycles. The summed E-state index contributed by atoms with van der Waals surface area (Å²) in [5.41, 5.74) is 7.03. The van der Waals surface area contributed by atoms with Gasteiger partial charge in [-0.1, -0.05) is 84.9 Å². The van der Waals surface area contributed by atoms with Gasteiger partial charge in [0.05, 0.1) is 18.2 Å². The van der Waals surface area contributed by atoms with Gasteiger partial charge in [-0.05, 0) is 64.4 Å². The maximum atomic E-state index is 14.0. The second kappa shape index (κ2) is 8.28. The number of benzene rings is 4. The molecule has 0 N–H and O–H groups in total. The highest BCUT2D eigenvalue weighted by Gasteiger charge is 2.71. The molecule has 1 unspecified atom stereocenters. The zero-order valence-corrected chi connectivity index (χ0v) is 22.3. The lowest BCUT2D eigenvalue weighted by atomic mass is 9.54. The van der Waals surface area contributed by atoms with E-state index >= 15 is 0 Å². The number of allylic oxidation sites excluding steroid dienone is 1. The number of methoxy groups -OCH3 is 1.